The summed E-state index contributed by atoms with van der Waals surface area (Å²) in [5.74, 6) is 0.552. The molecule has 1 atom stereocenters. The van der Waals surface area contributed by atoms with Crippen molar-refractivity contribution in [3.63, 3.8) is 0 Å². The van der Waals surface area contributed by atoms with Gasteiger partial charge >= 0.3 is 0 Å². The van der Waals surface area contributed by atoms with Gasteiger partial charge in [0.25, 0.3) is 0 Å². The third kappa shape index (κ3) is 2.05. The molecule has 0 aliphatic carbocycles. The number of H-pyrrole nitrogens is 1. The van der Waals surface area contributed by atoms with Crippen molar-refractivity contribution in [2.45, 2.75) is 18.8 Å². The highest BCUT2D eigenvalue weighted by atomic mass is 35.5. The largest absolute Gasteiger partial charge is 0.361 e. The molecule has 1 fully saturated rings. The van der Waals surface area contributed by atoms with Crippen molar-refractivity contribution in [3.8, 4) is 0 Å². The van der Waals surface area contributed by atoms with E-state index in [9.17, 15) is 0 Å². The van der Waals surface area contributed by atoms with Crippen LogP contribution in [-0.2, 0) is 0 Å². The topological polar surface area (TPSA) is 27.8 Å². The summed E-state index contributed by atoms with van der Waals surface area (Å²) < 4.78 is 0. The molecule has 4 heteroatoms. The highest BCUT2D eigenvalue weighted by Gasteiger charge is 2.20. The molecule has 3 rings (SSSR count). The predicted molar refractivity (Wildman–Crippen MR) is 73.2 cm³/mol. The van der Waals surface area contributed by atoms with Crippen molar-refractivity contribution in [1.29, 1.82) is 0 Å². The minimum absolute atomic E-state index is 0.552. The van der Waals surface area contributed by atoms with Gasteiger partial charge < -0.3 is 10.3 Å². The Morgan fingerprint density at radius 2 is 2.12 bits per heavy atom. The zero-order chi connectivity index (χ0) is 11.8. The van der Waals surface area contributed by atoms with Crippen LogP contribution in [0.25, 0.3) is 10.9 Å². The monoisotopic (exact) mass is 268 g/mol. The first-order valence-electron chi connectivity index (χ1n) is 5.92. The quantitative estimate of drug-likeness (QED) is 0.806. The molecular weight excluding hydrogens is 255 g/mol. The van der Waals surface area contributed by atoms with E-state index < -0.39 is 0 Å². The third-order valence-electron chi connectivity index (χ3n) is 3.46. The van der Waals surface area contributed by atoms with E-state index in [1.165, 1.54) is 18.4 Å². The molecule has 1 aliphatic heterocycles. The van der Waals surface area contributed by atoms with Gasteiger partial charge in [-0.15, -0.1) is 0 Å². The van der Waals surface area contributed by atoms with E-state index >= 15 is 0 Å². The fraction of sp³-hybridized carbons (Fsp3) is 0.385. The molecule has 0 saturated carbocycles. The normalized spacial score (nSPS) is 20.9. The second-order valence-electron chi connectivity index (χ2n) is 4.60. The summed E-state index contributed by atoms with van der Waals surface area (Å²) in [6, 6.07) is 3.75. The standard InChI is InChI=1S/C13H14Cl2N2/c14-9-4-11(15)13-10(7-17-12(13)5-9)8-2-1-3-16-6-8/h4-5,7-8,16-17H,1-3,6H2. The Bertz CT molecular complexity index is 542. The van der Waals surface area contributed by atoms with Crippen LogP contribution >= 0.6 is 23.2 Å². The number of fused-ring (bicyclic) bond motifs is 1. The number of piperidine rings is 1. The van der Waals surface area contributed by atoms with Gasteiger partial charge in [0, 0.05) is 28.7 Å². The Kier molecular flexibility index (Phi) is 3.03. The third-order valence-corrected chi connectivity index (χ3v) is 3.98. The first kappa shape index (κ1) is 11.4. The molecular formula is C13H14Cl2N2. The summed E-state index contributed by atoms with van der Waals surface area (Å²) in [7, 11) is 0. The van der Waals surface area contributed by atoms with Gasteiger partial charge in [0.1, 0.15) is 0 Å². The number of aromatic nitrogens is 1. The minimum atomic E-state index is 0.552. The summed E-state index contributed by atoms with van der Waals surface area (Å²) in [5.41, 5.74) is 2.34. The zero-order valence-corrected chi connectivity index (χ0v) is 10.9. The van der Waals surface area contributed by atoms with Crippen LogP contribution in [0.2, 0.25) is 10.0 Å². The summed E-state index contributed by atoms with van der Waals surface area (Å²) in [6.07, 6.45) is 4.52. The van der Waals surface area contributed by atoms with E-state index in [4.69, 9.17) is 23.2 Å². The lowest BCUT2D eigenvalue weighted by molar-refractivity contribution is 0.463. The molecule has 90 valence electrons. The highest BCUT2D eigenvalue weighted by molar-refractivity contribution is 6.38. The molecule has 17 heavy (non-hydrogen) atoms. The SMILES string of the molecule is Clc1cc(Cl)c2c(C3CCCNC3)c[nH]c2c1. The summed E-state index contributed by atoms with van der Waals surface area (Å²) >= 11 is 12.3. The molecule has 1 aromatic carbocycles. The minimum Gasteiger partial charge on any atom is -0.361 e. The summed E-state index contributed by atoms with van der Waals surface area (Å²) in [5, 5.41) is 5.99. The van der Waals surface area contributed by atoms with Crippen molar-refractivity contribution >= 4 is 34.1 Å². The van der Waals surface area contributed by atoms with Crippen LogP contribution in [0.1, 0.15) is 24.3 Å². The molecule has 1 saturated heterocycles. The maximum Gasteiger partial charge on any atom is 0.0517 e. The van der Waals surface area contributed by atoms with E-state index in [0.29, 0.717) is 10.9 Å². The van der Waals surface area contributed by atoms with Gasteiger partial charge in [-0.05, 0) is 43.0 Å². The van der Waals surface area contributed by atoms with E-state index in [-0.39, 0.29) is 0 Å². The van der Waals surface area contributed by atoms with Gasteiger partial charge in [0.05, 0.1) is 5.02 Å². The van der Waals surface area contributed by atoms with E-state index in [0.717, 1.165) is 29.0 Å². The van der Waals surface area contributed by atoms with Crippen LogP contribution in [0.5, 0.6) is 0 Å². The van der Waals surface area contributed by atoms with Crippen LogP contribution in [0, 0.1) is 0 Å². The number of hydrogen-bond acceptors (Lipinski definition) is 1. The van der Waals surface area contributed by atoms with Crippen LogP contribution in [0.3, 0.4) is 0 Å². The fourth-order valence-corrected chi connectivity index (χ4v) is 3.25. The maximum atomic E-state index is 6.30. The van der Waals surface area contributed by atoms with Crippen LogP contribution in [0.15, 0.2) is 18.3 Å². The Morgan fingerprint density at radius 1 is 1.24 bits per heavy atom. The molecule has 1 unspecified atom stereocenters. The van der Waals surface area contributed by atoms with Gasteiger partial charge in [0.15, 0.2) is 0 Å². The molecule has 0 radical (unpaired) electrons. The molecule has 2 heterocycles. The van der Waals surface area contributed by atoms with E-state index in [2.05, 4.69) is 16.5 Å². The van der Waals surface area contributed by atoms with Crippen molar-refractivity contribution < 1.29 is 0 Å². The van der Waals surface area contributed by atoms with Crippen molar-refractivity contribution in [2.75, 3.05) is 13.1 Å². The molecule has 2 N–H and O–H groups in total. The van der Waals surface area contributed by atoms with Crippen molar-refractivity contribution in [1.82, 2.24) is 10.3 Å². The average Bonchev–Trinajstić information content (AvgIpc) is 2.74. The number of hydrogen-bond donors (Lipinski definition) is 2. The smallest absolute Gasteiger partial charge is 0.0517 e. The summed E-state index contributed by atoms with van der Waals surface area (Å²) in [4.78, 5) is 3.27. The maximum absolute atomic E-state index is 6.30. The average molecular weight is 269 g/mol. The van der Waals surface area contributed by atoms with Gasteiger partial charge in [-0.25, -0.2) is 0 Å². The highest BCUT2D eigenvalue weighted by Crippen LogP contribution is 2.35. The first-order chi connectivity index (χ1) is 8.25. The number of rotatable bonds is 1. The zero-order valence-electron chi connectivity index (χ0n) is 9.39. The molecule has 1 aromatic heterocycles. The van der Waals surface area contributed by atoms with Gasteiger partial charge in [-0.1, -0.05) is 23.2 Å². The number of aromatic amines is 1. The van der Waals surface area contributed by atoms with Crippen LogP contribution < -0.4 is 5.32 Å². The lowest BCUT2D eigenvalue weighted by atomic mass is 9.91. The molecule has 0 spiro atoms. The van der Waals surface area contributed by atoms with Crippen LogP contribution in [-0.4, -0.2) is 18.1 Å². The molecule has 2 aromatic rings. The first-order valence-corrected chi connectivity index (χ1v) is 6.68. The Balaban J connectivity index is 2.10. The second kappa shape index (κ2) is 4.52. The lowest BCUT2D eigenvalue weighted by Gasteiger charge is -2.22. The van der Waals surface area contributed by atoms with Crippen molar-refractivity contribution in [3.05, 3.63) is 33.9 Å². The van der Waals surface area contributed by atoms with Gasteiger partial charge in [-0.3, -0.25) is 0 Å². The van der Waals surface area contributed by atoms with E-state index in [1.54, 1.807) is 0 Å². The molecule has 2 nitrogen and oxygen atoms in total. The van der Waals surface area contributed by atoms with Gasteiger partial charge in [-0.2, -0.15) is 0 Å². The Morgan fingerprint density at radius 3 is 2.88 bits per heavy atom. The number of nitrogens with one attached hydrogen (secondary N) is 2. The van der Waals surface area contributed by atoms with Crippen molar-refractivity contribution in [2.24, 2.45) is 0 Å². The molecule has 1 aliphatic rings. The number of benzene rings is 1. The van der Waals surface area contributed by atoms with Gasteiger partial charge in [0.2, 0.25) is 0 Å². The molecule has 0 amide bonds. The Labute approximate surface area is 110 Å². The second-order valence-corrected chi connectivity index (χ2v) is 5.44. The lowest BCUT2D eigenvalue weighted by Crippen LogP contribution is -2.28. The molecule has 0 bridgehead atoms. The Hall–Kier alpha value is -0.700. The summed E-state index contributed by atoms with van der Waals surface area (Å²) in [6.45, 7) is 2.16. The van der Waals surface area contributed by atoms with E-state index in [1.807, 2.05) is 12.1 Å². The predicted octanol–water partition coefficient (Wildman–Crippen LogP) is 3.94. The van der Waals surface area contributed by atoms with Crippen LogP contribution in [0.4, 0.5) is 0 Å². The number of halogens is 2. The fourth-order valence-electron chi connectivity index (χ4n) is 2.65.